The number of fused-ring (bicyclic) bond motifs is 1. The van der Waals surface area contributed by atoms with Crippen molar-refractivity contribution in [3.05, 3.63) is 35.0 Å². The number of hydrogen-bond acceptors (Lipinski definition) is 3. The van der Waals surface area contributed by atoms with Crippen LogP contribution < -0.4 is 5.32 Å². The summed E-state index contributed by atoms with van der Waals surface area (Å²) in [6.45, 7) is 0.688. The second kappa shape index (κ2) is 5.53. The van der Waals surface area contributed by atoms with Gasteiger partial charge < -0.3 is 14.8 Å². The number of aliphatic hydroxyl groups is 1. The van der Waals surface area contributed by atoms with Crippen molar-refractivity contribution in [3.63, 3.8) is 0 Å². The van der Waals surface area contributed by atoms with Crippen LogP contribution in [0.3, 0.4) is 0 Å². The summed E-state index contributed by atoms with van der Waals surface area (Å²) in [4.78, 5) is 0. The van der Waals surface area contributed by atoms with Gasteiger partial charge in [0, 0.05) is 23.5 Å². The van der Waals surface area contributed by atoms with E-state index in [1.807, 2.05) is 24.3 Å². The van der Waals surface area contributed by atoms with Gasteiger partial charge >= 0.3 is 0 Å². The molecule has 1 aliphatic rings. The average molecular weight is 280 g/mol. The van der Waals surface area contributed by atoms with E-state index in [1.165, 1.54) is 0 Å². The molecule has 1 heterocycles. The van der Waals surface area contributed by atoms with Crippen molar-refractivity contribution in [1.82, 2.24) is 5.32 Å². The fourth-order valence-electron chi connectivity index (χ4n) is 2.83. The summed E-state index contributed by atoms with van der Waals surface area (Å²) in [6.07, 6.45) is 3.78. The van der Waals surface area contributed by atoms with Crippen LogP contribution in [-0.4, -0.2) is 17.3 Å². The summed E-state index contributed by atoms with van der Waals surface area (Å²) in [5.74, 6) is 0. The highest BCUT2D eigenvalue weighted by atomic mass is 35.5. The van der Waals surface area contributed by atoms with Crippen molar-refractivity contribution in [2.24, 2.45) is 0 Å². The molecule has 3 nitrogen and oxygen atoms in total. The first-order valence-electron chi connectivity index (χ1n) is 6.81. The number of furan rings is 1. The lowest BCUT2D eigenvalue weighted by molar-refractivity contribution is 0.111. The number of para-hydroxylation sites is 1. The molecule has 2 atom stereocenters. The third-order valence-corrected chi connectivity index (χ3v) is 4.17. The zero-order chi connectivity index (χ0) is 13.2. The van der Waals surface area contributed by atoms with Crippen molar-refractivity contribution >= 4 is 22.6 Å². The van der Waals surface area contributed by atoms with Crippen LogP contribution in [0.25, 0.3) is 11.0 Å². The third-order valence-electron chi connectivity index (χ3n) is 3.86. The molecule has 0 amide bonds. The van der Waals surface area contributed by atoms with Gasteiger partial charge in [0.1, 0.15) is 5.58 Å². The Morgan fingerprint density at radius 2 is 2.16 bits per heavy atom. The first-order chi connectivity index (χ1) is 9.24. The minimum absolute atomic E-state index is 0.164. The van der Waals surface area contributed by atoms with E-state index in [4.69, 9.17) is 16.0 Å². The molecule has 1 saturated carbocycles. The fraction of sp³-hybridized carbons (Fsp3) is 0.467. The van der Waals surface area contributed by atoms with E-state index >= 15 is 0 Å². The molecule has 0 aliphatic heterocycles. The lowest BCUT2D eigenvalue weighted by atomic mass is 9.93. The SMILES string of the molecule is OC1CCCC(NCc2c(Cl)oc3ccccc23)C1. The van der Waals surface area contributed by atoms with Crippen LogP contribution in [0, 0.1) is 0 Å². The molecule has 19 heavy (non-hydrogen) atoms. The van der Waals surface area contributed by atoms with E-state index in [-0.39, 0.29) is 6.10 Å². The van der Waals surface area contributed by atoms with Crippen molar-refractivity contribution in [2.45, 2.75) is 44.4 Å². The molecule has 0 bridgehead atoms. The summed E-state index contributed by atoms with van der Waals surface area (Å²) >= 11 is 6.16. The Morgan fingerprint density at radius 1 is 1.32 bits per heavy atom. The number of hydrogen-bond donors (Lipinski definition) is 2. The second-order valence-electron chi connectivity index (χ2n) is 5.25. The molecule has 102 valence electrons. The monoisotopic (exact) mass is 279 g/mol. The lowest BCUT2D eigenvalue weighted by Gasteiger charge is -2.26. The van der Waals surface area contributed by atoms with Crippen LogP contribution in [0.4, 0.5) is 0 Å². The summed E-state index contributed by atoms with van der Waals surface area (Å²) in [5, 5.41) is 14.7. The number of halogens is 1. The van der Waals surface area contributed by atoms with Crippen molar-refractivity contribution in [3.8, 4) is 0 Å². The van der Waals surface area contributed by atoms with Crippen molar-refractivity contribution in [2.75, 3.05) is 0 Å². The molecule has 1 aliphatic carbocycles. The van der Waals surface area contributed by atoms with Gasteiger partial charge in [-0.05, 0) is 43.4 Å². The molecular weight excluding hydrogens is 262 g/mol. The zero-order valence-corrected chi connectivity index (χ0v) is 11.5. The number of rotatable bonds is 3. The highest BCUT2D eigenvalue weighted by molar-refractivity contribution is 6.30. The van der Waals surface area contributed by atoms with Gasteiger partial charge in [0.2, 0.25) is 0 Å². The topological polar surface area (TPSA) is 45.4 Å². The Balaban J connectivity index is 1.73. The van der Waals surface area contributed by atoms with Gasteiger partial charge in [-0.15, -0.1) is 0 Å². The fourth-order valence-corrected chi connectivity index (χ4v) is 3.08. The van der Waals surface area contributed by atoms with E-state index in [1.54, 1.807) is 0 Å². The normalized spacial score (nSPS) is 23.9. The van der Waals surface area contributed by atoms with Crippen LogP contribution in [0.5, 0.6) is 0 Å². The first-order valence-corrected chi connectivity index (χ1v) is 7.19. The van der Waals surface area contributed by atoms with E-state index in [2.05, 4.69) is 5.32 Å². The molecule has 1 aromatic carbocycles. The van der Waals surface area contributed by atoms with Gasteiger partial charge in [-0.1, -0.05) is 18.2 Å². The quantitative estimate of drug-likeness (QED) is 0.904. The minimum Gasteiger partial charge on any atom is -0.444 e. The van der Waals surface area contributed by atoms with Crippen molar-refractivity contribution < 1.29 is 9.52 Å². The number of benzene rings is 1. The predicted molar refractivity (Wildman–Crippen MR) is 76.3 cm³/mol. The standard InChI is InChI=1S/C15H18ClNO2/c16-15-13(12-6-1-2-7-14(12)19-15)9-17-10-4-3-5-11(18)8-10/h1-2,6-7,10-11,17-18H,3-5,8-9H2. The molecule has 0 radical (unpaired) electrons. The van der Waals surface area contributed by atoms with Crippen molar-refractivity contribution in [1.29, 1.82) is 0 Å². The molecule has 2 unspecified atom stereocenters. The van der Waals surface area contributed by atoms with Gasteiger partial charge in [-0.25, -0.2) is 0 Å². The van der Waals surface area contributed by atoms with Crippen LogP contribution in [-0.2, 0) is 6.54 Å². The highest BCUT2D eigenvalue weighted by Gasteiger charge is 2.20. The minimum atomic E-state index is -0.164. The van der Waals surface area contributed by atoms with Gasteiger partial charge in [0.05, 0.1) is 6.10 Å². The molecule has 0 spiro atoms. The third kappa shape index (κ3) is 2.78. The summed E-state index contributed by atoms with van der Waals surface area (Å²) in [5.41, 5.74) is 1.84. The maximum atomic E-state index is 9.68. The van der Waals surface area contributed by atoms with Crippen LogP contribution >= 0.6 is 11.6 Å². The maximum absolute atomic E-state index is 9.68. The number of nitrogens with one attached hydrogen (secondary N) is 1. The Kier molecular flexibility index (Phi) is 3.78. The smallest absolute Gasteiger partial charge is 0.199 e. The van der Waals surface area contributed by atoms with Gasteiger partial charge in [0.15, 0.2) is 5.22 Å². The van der Waals surface area contributed by atoms with Crippen LogP contribution in [0.2, 0.25) is 5.22 Å². The summed E-state index contributed by atoms with van der Waals surface area (Å²) < 4.78 is 5.54. The molecule has 4 heteroatoms. The Bertz CT molecular complexity index is 566. The summed E-state index contributed by atoms with van der Waals surface area (Å²) in [7, 11) is 0. The van der Waals surface area contributed by atoms with Crippen LogP contribution in [0.1, 0.15) is 31.2 Å². The molecule has 3 rings (SSSR count). The Labute approximate surface area is 117 Å². The van der Waals surface area contributed by atoms with E-state index in [0.29, 0.717) is 17.8 Å². The molecule has 1 aromatic heterocycles. The molecule has 2 aromatic rings. The molecule has 2 N–H and O–H groups in total. The average Bonchev–Trinajstić information content (AvgIpc) is 2.72. The number of aliphatic hydroxyl groups excluding tert-OH is 1. The zero-order valence-electron chi connectivity index (χ0n) is 10.7. The predicted octanol–water partition coefficient (Wildman–Crippen LogP) is 3.48. The lowest BCUT2D eigenvalue weighted by Crippen LogP contribution is -2.35. The molecule has 1 fully saturated rings. The van der Waals surface area contributed by atoms with E-state index < -0.39 is 0 Å². The second-order valence-corrected chi connectivity index (χ2v) is 5.59. The van der Waals surface area contributed by atoms with Gasteiger partial charge in [-0.2, -0.15) is 0 Å². The van der Waals surface area contributed by atoms with E-state index in [0.717, 1.165) is 42.2 Å². The van der Waals surface area contributed by atoms with E-state index in [9.17, 15) is 5.11 Å². The van der Waals surface area contributed by atoms with Crippen LogP contribution in [0.15, 0.2) is 28.7 Å². The largest absolute Gasteiger partial charge is 0.444 e. The Morgan fingerprint density at radius 3 is 3.00 bits per heavy atom. The molecular formula is C15H18ClNO2. The summed E-state index contributed by atoms with van der Waals surface area (Å²) in [6, 6.07) is 8.25. The Hall–Kier alpha value is -1.03. The molecule has 0 saturated heterocycles. The maximum Gasteiger partial charge on any atom is 0.199 e. The first kappa shape index (κ1) is 13.0. The van der Waals surface area contributed by atoms with Gasteiger partial charge in [0.25, 0.3) is 0 Å². The highest BCUT2D eigenvalue weighted by Crippen LogP contribution is 2.30. The van der Waals surface area contributed by atoms with Gasteiger partial charge in [-0.3, -0.25) is 0 Å².